The third-order valence-electron chi connectivity index (χ3n) is 5.09. The van der Waals surface area contributed by atoms with Crippen molar-refractivity contribution in [3.05, 3.63) is 90.8 Å². The van der Waals surface area contributed by atoms with Crippen LogP contribution in [0.5, 0.6) is 5.75 Å². The van der Waals surface area contributed by atoms with Crippen molar-refractivity contribution in [3.63, 3.8) is 0 Å². The smallest absolute Gasteiger partial charge is 0.255 e. The summed E-state index contributed by atoms with van der Waals surface area (Å²) in [6.07, 6.45) is 3.98. The van der Waals surface area contributed by atoms with Crippen molar-refractivity contribution in [1.29, 1.82) is 0 Å². The van der Waals surface area contributed by atoms with E-state index in [4.69, 9.17) is 4.74 Å². The minimum atomic E-state index is 0.779. The molecule has 5 rings (SSSR count). The lowest BCUT2D eigenvalue weighted by molar-refractivity contribution is -0.676. The molecule has 4 heteroatoms. The molecule has 0 radical (unpaired) electrons. The third kappa shape index (κ3) is 2.79. The van der Waals surface area contributed by atoms with Gasteiger partial charge < -0.3 is 9.72 Å². The van der Waals surface area contributed by atoms with E-state index in [9.17, 15) is 0 Å². The number of H-pyrrole nitrogens is 1. The molecular formula is C24H20N3O+. The molecule has 0 spiro atoms. The number of pyridine rings is 2. The highest BCUT2D eigenvalue weighted by Gasteiger charge is 2.22. The molecular weight excluding hydrogens is 346 g/mol. The largest absolute Gasteiger partial charge is 0.497 e. The van der Waals surface area contributed by atoms with E-state index in [0.717, 1.165) is 40.1 Å². The van der Waals surface area contributed by atoms with Crippen LogP contribution < -0.4 is 9.30 Å². The number of hydrogen-bond acceptors (Lipinski definition) is 2. The van der Waals surface area contributed by atoms with E-state index in [-0.39, 0.29) is 0 Å². The molecule has 0 saturated heterocycles. The molecule has 0 atom stereocenters. The van der Waals surface area contributed by atoms with Gasteiger partial charge in [0.1, 0.15) is 17.0 Å². The molecule has 0 bridgehead atoms. The first-order valence-corrected chi connectivity index (χ1v) is 9.31. The SMILES string of the molecule is COc1ccc2[nH]c3c(-c4ccccn4)[n+](Cc4ccccc4)ccc3c2c1. The molecule has 4 nitrogen and oxygen atoms in total. The molecule has 0 unspecified atom stereocenters. The Hall–Kier alpha value is -3.66. The number of methoxy groups -OCH3 is 1. The van der Waals surface area contributed by atoms with Crippen molar-refractivity contribution in [2.75, 3.05) is 7.11 Å². The Balaban J connectivity index is 1.79. The standard InChI is InChI=1S/C24H19N3O/c1-28-18-10-11-21-20(15-18)19-12-14-27(16-17-7-3-2-4-8-17)24(23(19)26-21)22-9-5-6-13-25-22/h2-15H,16H2,1H3/p+1. The van der Waals surface area contributed by atoms with Crippen LogP contribution in [0.1, 0.15) is 5.56 Å². The van der Waals surface area contributed by atoms with Crippen molar-refractivity contribution in [2.45, 2.75) is 6.54 Å². The minimum absolute atomic E-state index is 0.779. The lowest BCUT2D eigenvalue weighted by Gasteiger charge is -2.05. The second-order valence-electron chi connectivity index (χ2n) is 6.82. The molecule has 5 aromatic rings. The molecule has 0 fully saturated rings. The van der Waals surface area contributed by atoms with Crippen LogP contribution in [0.3, 0.4) is 0 Å². The third-order valence-corrected chi connectivity index (χ3v) is 5.09. The number of rotatable bonds is 4. The number of hydrogen-bond donors (Lipinski definition) is 1. The first kappa shape index (κ1) is 16.5. The summed E-state index contributed by atoms with van der Waals surface area (Å²) in [6.45, 7) is 0.779. The van der Waals surface area contributed by atoms with Gasteiger partial charge in [-0.3, -0.25) is 0 Å². The first-order chi connectivity index (χ1) is 13.8. The maximum Gasteiger partial charge on any atom is 0.255 e. The highest BCUT2D eigenvalue weighted by atomic mass is 16.5. The first-order valence-electron chi connectivity index (χ1n) is 9.31. The van der Waals surface area contributed by atoms with Gasteiger partial charge in [-0.1, -0.05) is 36.4 Å². The van der Waals surface area contributed by atoms with Crippen LogP contribution in [0.2, 0.25) is 0 Å². The van der Waals surface area contributed by atoms with Crippen LogP contribution in [0.15, 0.2) is 85.2 Å². The minimum Gasteiger partial charge on any atom is -0.497 e. The Morgan fingerprint density at radius 2 is 1.79 bits per heavy atom. The van der Waals surface area contributed by atoms with Crippen LogP contribution in [-0.2, 0) is 6.54 Å². The van der Waals surface area contributed by atoms with E-state index in [1.165, 1.54) is 10.9 Å². The maximum absolute atomic E-state index is 5.43. The summed E-state index contributed by atoms with van der Waals surface area (Å²) in [6, 6.07) is 24.8. The normalized spacial score (nSPS) is 11.2. The molecule has 3 heterocycles. The second-order valence-corrected chi connectivity index (χ2v) is 6.82. The predicted molar refractivity (Wildman–Crippen MR) is 111 cm³/mol. The van der Waals surface area contributed by atoms with Gasteiger partial charge in [-0.25, -0.2) is 4.98 Å². The van der Waals surface area contributed by atoms with Crippen molar-refractivity contribution >= 4 is 21.8 Å². The van der Waals surface area contributed by atoms with E-state index in [0.29, 0.717) is 0 Å². The van der Waals surface area contributed by atoms with Gasteiger partial charge in [0.05, 0.1) is 7.11 Å². The summed E-state index contributed by atoms with van der Waals surface area (Å²) in [5.74, 6) is 0.855. The van der Waals surface area contributed by atoms with E-state index < -0.39 is 0 Å². The van der Waals surface area contributed by atoms with Crippen LogP contribution in [0, 0.1) is 0 Å². The molecule has 0 amide bonds. The highest BCUT2D eigenvalue weighted by molar-refractivity contribution is 6.10. The summed E-state index contributed by atoms with van der Waals surface area (Å²) in [5.41, 5.74) is 5.45. The zero-order valence-corrected chi connectivity index (χ0v) is 15.6. The lowest BCUT2D eigenvalue weighted by atomic mass is 10.1. The Bertz CT molecular complexity index is 1260. The van der Waals surface area contributed by atoms with Gasteiger partial charge in [0.2, 0.25) is 0 Å². The van der Waals surface area contributed by atoms with Gasteiger partial charge in [0.25, 0.3) is 5.69 Å². The van der Waals surface area contributed by atoms with Crippen LogP contribution in [-0.4, -0.2) is 17.1 Å². The van der Waals surface area contributed by atoms with E-state index in [1.807, 2.05) is 30.5 Å². The summed E-state index contributed by atoms with van der Waals surface area (Å²) < 4.78 is 7.68. The molecule has 0 saturated carbocycles. The molecule has 0 aliphatic rings. The molecule has 28 heavy (non-hydrogen) atoms. The topological polar surface area (TPSA) is 41.8 Å². The van der Waals surface area contributed by atoms with Gasteiger partial charge in [0, 0.05) is 34.1 Å². The number of aromatic nitrogens is 3. The summed E-state index contributed by atoms with van der Waals surface area (Å²) in [4.78, 5) is 8.25. The highest BCUT2D eigenvalue weighted by Crippen LogP contribution is 2.32. The van der Waals surface area contributed by atoms with Crippen LogP contribution in [0.25, 0.3) is 33.2 Å². The summed E-state index contributed by atoms with van der Waals surface area (Å²) in [7, 11) is 1.70. The van der Waals surface area contributed by atoms with Gasteiger partial charge in [0.15, 0.2) is 12.7 Å². The van der Waals surface area contributed by atoms with E-state index >= 15 is 0 Å². The number of benzene rings is 2. The molecule has 0 aliphatic carbocycles. The molecule has 136 valence electrons. The van der Waals surface area contributed by atoms with Crippen LogP contribution in [0.4, 0.5) is 0 Å². The van der Waals surface area contributed by atoms with Gasteiger partial charge in [-0.05, 0) is 30.3 Å². The van der Waals surface area contributed by atoms with Crippen molar-refractivity contribution in [1.82, 2.24) is 9.97 Å². The fourth-order valence-corrected chi connectivity index (χ4v) is 3.75. The van der Waals surface area contributed by atoms with Gasteiger partial charge in [-0.2, -0.15) is 4.57 Å². The van der Waals surface area contributed by atoms with Gasteiger partial charge >= 0.3 is 0 Å². The van der Waals surface area contributed by atoms with E-state index in [1.54, 1.807) is 7.11 Å². The fraction of sp³-hybridized carbons (Fsp3) is 0.0833. The molecule has 1 N–H and O–H groups in total. The Labute approximate surface area is 163 Å². The number of fused-ring (bicyclic) bond motifs is 3. The molecule has 3 aromatic heterocycles. The van der Waals surface area contributed by atoms with Crippen molar-refractivity contribution < 1.29 is 9.30 Å². The van der Waals surface area contributed by atoms with Gasteiger partial charge in [-0.15, -0.1) is 0 Å². The zero-order chi connectivity index (χ0) is 18.9. The number of ether oxygens (including phenoxy) is 1. The van der Waals surface area contributed by atoms with Crippen molar-refractivity contribution in [2.24, 2.45) is 0 Å². The predicted octanol–water partition coefficient (Wildman–Crippen LogP) is 4.73. The number of aromatic amines is 1. The van der Waals surface area contributed by atoms with E-state index in [2.05, 4.69) is 69.3 Å². The monoisotopic (exact) mass is 366 g/mol. The summed E-state index contributed by atoms with van der Waals surface area (Å²) in [5, 5.41) is 2.32. The molecule has 0 aliphatic heterocycles. The fourth-order valence-electron chi connectivity index (χ4n) is 3.75. The second kappa shape index (κ2) is 6.82. The Morgan fingerprint density at radius 1 is 0.929 bits per heavy atom. The summed E-state index contributed by atoms with van der Waals surface area (Å²) >= 11 is 0. The number of nitrogens with zero attached hydrogens (tertiary/aromatic N) is 2. The van der Waals surface area contributed by atoms with Crippen molar-refractivity contribution in [3.8, 4) is 17.1 Å². The average molecular weight is 366 g/mol. The Kier molecular flexibility index (Phi) is 4.02. The average Bonchev–Trinajstić information content (AvgIpc) is 3.12. The zero-order valence-electron chi connectivity index (χ0n) is 15.6. The maximum atomic E-state index is 5.43. The number of nitrogens with one attached hydrogen (secondary N) is 1. The molecule has 2 aromatic carbocycles. The lowest BCUT2D eigenvalue weighted by Crippen LogP contribution is -2.36. The Morgan fingerprint density at radius 3 is 2.57 bits per heavy atom. The quantitative estimate of drug-likeness (QED) is 0.467. The van der Waals surface area contributed by atoms with Crippen LogP contribution >= 0.6 is 0 Å².